The minimum Gasteiger partial charge on any atom is -0.340 e. The van der Waals surface area contributed by atoms with Gasteiger partial charge in [-0.15, -0.1) is 0 Å². The lowest BCUT2D eigenvalue weighted by atomic mass is 10.0. The predicted molar refractivity (Wildman–Crippen MR) is 101 cm³/mol. The van der Waals surface area contributed by atoms with Gasteiger partial charge in [-0.1, -0.05) is 36.6 Å². The van der Waals surface area contributed by atoms with Gasteiger partial charge in [0.1, 0.15) is 11.0 Å². The summed E-state index contributed by atoms with van der Waals surface area (Å²) in [7, 11) is 2.02. The van der Waals surface area contributed by atoms with E-state index in [1.807, 2.05) is 38.2 Å². The van der Waals surface area contributed by atoms with E-state index in [-0.39, 0.29) is 0 Å². The van der Waals surface area contributed by atoms with Crippen molar-refractivity contribution in [3.63, 3.8) is 0 Å². The smallest absolute Gasteiger partial charge is 0.226 e. The van der Waals surface area contributed by atoms with E-state index in [2.05, 4.69) is 20.1 Å². The number of anilines is 1. The highest BCUT2D eigenvalue weighted by Crippen LogP contribution is 2.36. The van der Waals surface area contributed by atoms with E-state index in [0.29, 0.717) is 5.92 Å². The lowest BCUT2D eigenvalue weighted by Crippen LogP contribution is -2.19. The molecule has 0 atom stereocenters. The maximum absolute atomic E-state index is 5.97. The lowest BCUT2D eigenvalue weighted by Gasteiger charge is -2.18. The number of aromatic nitrogens is 4. The summed E-state index contributed by atoms with van der Waals surface area (Å²) < 4.78 is 0. The number of hydrogen-bond acceptors (Lipinski definition) is 4. The van der Waals surface area contributed by atoms with Gasteiger partial charge < -0.3 is 4.90 Å². The van der Waals surface area contributed by atoms with Crippen molar-refractivity contribution >= 4 is 28.6 Å². The number of hydrogen-bond donors (Lipinski definition) is 1. The van der Waals surface area contributed by atoms with Crippen molar-refractivity contribution in [2.75, 3.05) is 11.9 Å². The zero-order valence-corrected chi connectivity index (χ0v) is 15.3. The van der Waals surface area contributed by atoms with Crippen molar-refractivity contribution in [3.8, 4) is 0 Å². The fourth-order valence-corrected chi connectivity index (χ4v) is 3.77. The summed E-state index contributed by atoms with van der Waals surface area (Å²) in [6.45, 7) is 2.74. The summed E-state index contributed by atoms with van der Waals surface area (Å²) in [5.74, 6) is 1.29. The van der Waals surface area contributed by atoms with Crippen LogP contribution in [0.2, 0.25) is 5.02 Å². The molecule has 3 aromatic rings. The molecule has 1 saturated carbocycles. The molecule has 1 fully saturated rings. The van der Waals surface area contributed by atoms with Gasteiger partial charge in [0.15, 0.2) is 0 Å². The van der Waals surface area contributed by atoms with Crippen molar-refractivity contribution in [1.82, 2.24) is 20.2 Å². The molecule has 4 rings (SSSR count). The molecule has 5 nitrogen and oxygen atoms in total. The van der Waals surface area contributed by atoms with Crippen LogP contribution in [0.25, 0.3) is 11.0 Å². The van der Waals surface area contributed by atoms with Crippen molar-refractivity contribution in [1.29, 1.82) is 0 Å². The molecule has 1 N–H and O–H groups in total. The number of H-pyrrole nitrogens is 1. The molecule has 1 aliphatic rings. The van der Waals surface area contributed by atoms with E-state index in [1.165, 1.54) is 36.9 Å². The van der Waals surface area contributed by atoms with Crippen LogP contribution in [0.15, 0.2) is 24.3 Å². The van der Waals surface area contributed by atoms with Crippen LogP contribution < -0.4 is 4.90 Å². The van der Waals surface area contributed by atoms with Gasteiger partial charge in [-0.2, -0.15) is 5.10 Å². The molecular weight excluding hydrogens is 334 g/mol. The molecule has 1 aliphatic carbocycles. The van der Waals surface area contributed by atoms with Crippen LogP contribution >= 0.6 is 11.6 Å². The number of aromatic amines is 1. The van der Waals surface area contributed by atoms with E-state index in [4.69, 9.17) is 16.6 Å². The highest BCUT2D eigenvalue weighted by Gasteiger charge is 2.23. The maximum atomic E-state index is 5.97. The molecule has 130 valence electrons. The third-order valence-corrected chi connectivity index (χ3v) is 5.28. The highest BCUT2D eigenvalue weighted by atomic mass is 35.5. The van der Waals surface area contributed by atoms with E-state index < -0.39 is 0 Å². The zero-order valence-electron chi connectivity index (χ0n) is 14.6. The lowest BCUT2D eigenvalue weighted by molar-refractivity contribution is 0.696. The van der Waals surface area contributed by atoms with Crippen molar-refractivity contribution < 1.29 is 0 Å². The van der Waals surface area contributed by atoms with Crippen LogP contribution in [0.3, 0.4) is 0 Å². The molecule has 0 saturated heterocycles. The van der Waals surface area contributed by atoms with E-state index in [9.17, 15) is 0 Å². The van der Waals surface area contributed by atoms with Crippen LogP contribution in [-0.4, -0.2) is 27.2 Å². The van der Waals surface area contributed by atoms with Crippen molar-refractivity contribution in [2.24, 2.45) is 0 Å². The third kappa shape index (κ3) is 3.21. The van der Waals surface area contributed by atoms with Gasteiger partial charge in [0, 0.05) is 24.5 Å². The number of halogens is 1. The molecule has 1 aromatic carbocycles. The molecular formula is C19H22ClN5. The molecule has 0 spiro atoms. The first-order valence-electron chi connectivity index (χ1n) is 8.80. The van der Waals surface area contributed by atoms with Gasteiger partial charge in [0.2, 0.25) is 5.95 Å². The molecule has 6 heteroatoms. The summed E-state index contributed by atoms with van der Waals surface area (Å²) in [4.78, 5) is 11.6. The Morgan fingerprint density at radius 1 is 1.12 bits per heavy atom. The summed E-state index contributed by atoms with van der Waals surface area (Å²) >= 11 is 5.97. The van der Waals surface area contributed by atoms with E-state index in [1.54, 1.807) is 0 Å². The Hall–Kier alpha value is -2.14. The fourth-order valence-electron chi connectivity index (χ4n) is 3.65. The highest BCUT2D eigenvalue weighted by molar-refractivity contribution is 6.30. The number of nitrogens with one attached hydrogen (secondary N) is 1. The monoisotopic (exact) mass is 355 g/mol. The molecule has 0 unspecified atom stereocenters. The average Bonchev–Trinajstić information content (AvgIpc) is 3.25. The summed E-state index contributed by atoms with van der Waals surface area (Å²) in [6.07, 6.45) is 5.02. The Labute approximate surface area is 152 Å². The molecule has 0 amide bonds. The van der Waals surface area contributed by atoms with Gasteiger partial charge in [0.25, 0.3) is 0 Å². The molecule has 0 aliphatic heterocycles. The van der Waals surface area contributed by atoms with Gasteiger partial charge in [0.05, 0.1) is 11.4 Å². The number of aryl methyl sites for hydroxylation is 1. The quantitative estimate of drug-likeness (QED) is 0.742. The first kappa shape index (κ1) is 16.3. The number of rotatable bonds is 4. The summed E-state index contributed by atoms with van der Waals surface area (Å²) in [5, 5.41) is 8.46. The summed E-state index contributed by atoms with van der Waals surface area (Å²) in [6, 6.07) is 7.89. The Balaban J connectivity index is 1.66. The third-order valence-electron chi connectivity index (χ3n) is 5.03. The van der Waals surface area contributed by atoms with Gasteiger partial charge in [-0.3, -0.25) is 5.10 Å². The Bertz CT molecular complexity index is 881. The predicted octanol–water partition coefficient (Wildman–Crippen LogP) is 4.61. The van der Waals surface area contributed by atoms with Crippen molar-refractivity contribution in [3.05, 3.63) is 46.2 Å². The van der Waals surface area contributed by atoms with Crippen LogP contribution in [0.1, 0.15) is 48.6 Å². The number of benzene rings is 1. The molecule has 25 heavy (non-hydrogen) atoms. The normalized spacial score (nSPS) is 15.2. The average molecular weight is 356 g/mol. The summed E-state index contributed by atoms with van der Waals surface area (Å²) in [5.41, 5.74) is 5.15. The standard InChI is InChI=1S/C19H22ClN5/c1-12-16-18(17(24-23-16)14-5-3-4-6-14)22-19(21-12)25(2)11-13-7-9-15(20)10-8-13/h7-10,14H,3-6,11H2,1-2H3,(H,23,24). The van der Waals surface area contributed by atoms with Gasteiger partial charge >= 0.3 is 0 Å². The first-order valence-corrected chi connectivity index (χ1v) is 9.18. The number of nitrogens with zero attached hydrogens (tertiary/aromatic N) is 4. The van der Waals surface area contributed by atoms with Crippen LogP contribution in [-0.2, 0) is 6.54 Å². The Kier molecular flexibility index (Phi) is 4.34. The minimum absolute atomic E-state index is 0.550. The zero-order chi connectivity index (χ0) is 17.4. The van der Waals surface area contributed by atoms with Crippen LogP contribution in [0.4, 0.5) is 5.95 Å². The maximum Gasteiger partial charge on any atom is 0.226 e. The Morgan fingerprint density at radius 3 is 2.56 bits per heavy atom. The second kappa shape index (κ2) is 6.64. The van der Waals surface area contributed by atoms with Crippen LogP contribution in [0, 0.1) is 6.92 Å². The van der Waals surface area contributed by atoms with E-state index in [0.717, 1.165) is 34.2 Å². The van der Waals surface area contributed by atoms with Gasteiger partial charge in [-0.25, -0.2) is 9.97 Å². The second-order valence-corrected chi connectivity index (χ2v) is 7.34. The molecule has 0 radical (unpaired) electrons. The largest absolute Gasteiger partial charge is 0.340 e. The minimum atomic E-state index is 0.550. The Morgan fingerprint density at radius 2 is 1.84 bits per heavy atom. The first-order chi connectivity index (χ1) is 12.1. The SMILES string of the molecule is Cc1nc(N(C)Cc2ccc(Cl)cc2)nc2c(C3CCCC3)[nH]nc12. The van der Waals surface area contributed by atoms with Crippen LogP contribution in [0.5, 0.6) is 0 Å². The molecule has 2 aromatic heterocycles. The fraction of sp³-hybridized carbons (Fsp3) is 0.421. The number of fused-ring (bicyclic) bond motifs is 1. The van der Waals surface area contributed by atoms with Gasteiger partial charge in [-0.05, 0) is 37.5 Å². The molecule has 2 heterocycles. The second-order valence-electron chi connectivity index (χ2n) is 6.91. The van der Waals surface area contributed by atoms with E-state index >= 15 is 0 Å². The molecule has 0 bridgehead atoms. The topological polar surface area (TPSA) is 57.7 Å². The van der Waals surface area contributed by atoms with Crippen molar-refractivity contribution in [2.45, 2.75) is 45.1 Å².